The third kappa shape index (κ3) is 11.9. The number of unbranched alkanes of at least 4 members (excludes halogenated alkanes) is 4. The molecule has 0 radical (unpaired) electrons. The van der Waals surface area contributed by atoms with Crippen molar-refractivity contribution in [3.63, 3.8) is 0 Å². The van der Waals surface area contributed by atoms with Crippen LogP contribution in [-0.4, -0.2) is 17.3 Å². The van der Waals surface area contributed by atoms with E-state index in [1.165, 1.54) is 47.9 Å². The lowest BCUT2D eigenvalue weighted by Gasteiger charge is -2.28. The molecule has 4 rings (SSSR count). The number of hydrogen-bond donors (Lipinski definition) is 0. The van der Waals surface area contributed by atoms with E-state index in [0.29, 0.717) is 53.9 Å². The summed E-state index contributed by atoms with van der Waals surface area (Å²) in [6.07, 6.45) is 22.2. The second-order valence-electron chi connectivity index (χ2n) is 14.7. The molecule has 0 atom stereocenters. The summed E-state index contributed by atoms with van der Waals surface area (Å²) in [5, 5.41) is 0. The molecule has 0 aliphatic heterocycles. The van der Waals surface area contributed by atoms with Crippen molar-refractivity contribution < 1.29 is 14.4 Å². The second kappa shape index (κ2) is 20.0. The lowest BCUT2D eigenvalue weighted by atomic mass is 9.76. The molecule has 0 heterocycles. The Morgan fingerprint density at radius 3 is 1.20 bits per heavy atom. The molecule has 0 N–H and O–H groups in total. The highest BCUT2D eigenvalue weighted by atomic mass is 16.1. The van der Waals surface area contributed by atoms with E-state index in [9.17, 15) is 14.4 Å². The van der Waals surface area contributed by atoms with Gasteiger partial charge in [-0.15, -0.1) is 0 Å². The zero-order valence-corrected chi connectivity index (χ0v) is 29.2. The molecule has 0 unspecified atom stereocenters. The molecule has 0 spiro atoms. The Kier molecular flexibility index (Phi) is 15.7. The zero-order chi connectivity index (χ0) is 32.6. The summed E-state index contributed by atoms with van der Waals surface area (Å²) in [7, 11) is 0. The van der Waals surface area contributed by atoms with E-state index < -0.39 is 0 Å². The van der Waals surface area contributed by atoms with Crippen molar-refractivity contribution in [2.24, 2.45) is 11.8 Å². The highest BCUT2D eigenvalue weighted by Crippen LogP contribution is 2.38. The fraction of sp³-hybridized carbons (Fsp3) is 0.651. The topological polar surface area (TPSA) is 51.2 Å². The van der Waals surface area contributed by atoms with E-state index in [0.717, 1.165) is 103 Å². The number of benzene rings is 2. The number of rotatable bonds is 20. The minimum absolute atomic E-state index is 0.296. The van der Waals surface area contributed by atoms with Gasteiger partial charge in [0.25, 0.3) is 0 Å². The molecule has 3 nitrogen and oxygen atoms in total. The number of ketones is 3. The largest absolute Gasteiger partial charge is 0.300 e. The molecular weight excluding hydrogens is 564 g/mol. The highest BCUT2D eigenvalue weighted by molar-refractivity contribution is 5.81. The molecule has 252 valence electrons. The maximum absolute atomic E-state index is 12.6. The average Bonchev–Trinajstić information content (AvgIpc) is 3.09. The van der Waals surface area contributed by atoms with Crippen LogP contribution in [0.4, 0.5) is 0 Å². The van der Waals surface area contributed by atoms with Crippen molar-refractivity contribution in [2.45, 2.75) is 167 Å². The van der Waals surface area contributed by atoms with Crippen LogP contribution in [0.25, 0.3) is 0 Å². The van der Waals surface area contributed by atoms with Crippen molar-refractivity contribution in [2.75, 3.05) is 0 Å². The Hall–Kier alpha value is -2.55. The van der Waals surface area contributed by atoms with Crippen LogP contribution in [0.3, 0.4) is 0 Å². The van der Waals surface area contributed by atoms with Crippen LogP contribution in [0.5, 0.6) is 0 Å². The van der Waals surface area contributed by atoms with Gasteiger partial charge in [-0.1, -0.05) is 88.1 Å². The van der Waals surface area contributed by atoms with Gasteiger partial charge in [-0.2, -0.15) is 0 Å². The summed E-state index contributed by atoms with van der Waals surface area (Å²) in [5.74, 6) is 3.15. The number of carbonyl (C=O) groups is 3. The van der Waals surface area contributed by atoms with Crippen LogP contribution in [0.15, 0.2) is 48.5 Å². The van der Waals surface area contributed by atoms with Crippen molar-refractivity contribution in [1.82, 2.24) is 0 Å². The standard InChI is InChI=1S/C43H62O3/c1-3-5-7-15-42(45)39-29-25-37(26-30-39)35-21-17-33(18-22-35)11-9-13-41(44)14-10-12-34-19-23-36(24-20-34)38-27-31-40(32-28-38)43(46)16-8-6-4-2/h17-24,37-40H,3-16,25-32H2,1-2H3/t37-,38?,39-,40?. The van der Waals surface area contributed by atoms with Gasteiger partial charge < -0.3 is 0 Å². The van der Waals surface area contributed by atoms with Crippen molar-refractivity contribution >= 4 is 17.3 Å². The van der Waals surface area contributed by atoms with Crippen LogP contribution < -0.4 is 0 Å². The predicted molar refractivity (Wildman–Crippen MR) is 191 cm³/mol. The van der Waals surface area contributed by atoms with Gasteiger partial charge in [-0.25, -0.2) is 0 Å². The van der Waals surface area contributed by atoms with E-state index in [4.69, 9.17) is 0 Å². The number of hydrogen-bond acceptors (Lipinski definition) is 3. The molecule has 0 bridgehead atoms. The average molecular weight is 627 g/mol. The molecule has 46 heavy (non-hydrogen) atoms. The van der Waals surface area contributed by atoms with Gasteiger partial charge in [0, 0.05) is 37.5 Å². The number of Topliss-reactive ketones (excluding diaryl/α,β-unsaturated/α-hetero) is 3. The lowest BCUT2D eigenvalue weighted by Crippen LogP contribution is -2.21. The van der Waals surface area contributed by atoms with E-state index >= 15 is 0 Å². The van der Waals surface area contributed by atoms with Gasteiger partial charge >= 0.3 is 0 Å². The SMILES string of the molecule is CCCCCC(=O)C1CCC(c2ccc(CCCC(=O)CCCc3ccc([C@H]4CC[C@H](C(=O)CCCCC)CC4)cc3)cc2)CC1. The van der Waals surface area contributed by atoms with E-state index in [1.807, 2.05) is 0 Å². The predicted octanol–water partition coefficient (Wildman–Crippen LogP) is 11.4. The Balaban J connectivity index is 1.07. The fourth-order valence-corrected chi connectivity index (χ4v) is 8.02. The third-order valence-electron chi connectivity index (χ3n) is 11.2. The molecular formula is C43H62O3. The van der Waals surface area contributed by atoms with Gasteiger partial charge in [-0.05, 0) is 124 Å². The van der Waals surface area contributed by atoms with Crippen LogP contribution >= 0.6 is 0 Å². The minimum Gasteiger partial charge on any atom is -0.300 e. The van der Waals surface area contributed by atoms with Crippen LogP contribution in [0, 0.1) is 11.8 Å². The van der Waals surface area contributed by atoms with E-state index in [-0.39, 0.29) is 0 Å². The van der Waals surface area contributed by atoms with E-state index in [2.05, 4.69) is 62.4 Å². The zero-order valence-electron chi connectivity index (χ0n) is 29.2. The Labute approximate surface area is 280 Å². The van der Waals surface area contributed by atoms with Gasteiger partial charge in [-0.3, -0.25) is 14.4 Å². The minimum atomic E-state index is 0.296. The molecule has 0 aromatic heterocycles. The molecule has 2 aromatic carbocycles. The Morgan fingerprint density at radius 1 is 0.478 bits per heavy atom. The van der Waals surface area contributed by atoms with Gasteiger partial charge in [0.1, 0.15) is 17.3 Å². The molecule has 2 aliphatic carbocycles. The summed E-state index contributed by atoms with van der Waals surface area (Å²) in [5.41, 5.74) is 5.48. The number of aryl methyl sites for hydroxylation is 2. The van der Waals surface area contributed by atoms with Gasteiger partial charge in [0.2, 0.25) is 0 Å². The Morgan fingerprint density at radius 2 is 0.848 bits per heavy atom. The van der Waals surface area contributed by atoms with Crippen molar-refractivity contribution in [1.29, 1.82) is 0 Å². The molecule has 0 amide bonds. The van der Waals surface area contributed by atoms with Crippen molar-refractivity contribution in [3.05, 3.63) is 70.8 Å². The maximum atomic E-state index is 12.6. The third-order valence-corrected chi connectivity index (χ3v) is 11.2. The van der Waals surface area contributed by atoms with Gasteiger partial charge in [0.15, 0.2) is 0 Å². The van der Waals surface area contributed by atoms with Crippen molar-refractivity contribution in [3.8, 4) is 0 Å². The molecule has 0 saturated heterocycles. The molecule has 2 aliphatic rings. The van der Waals surface area contributed by atoms with Gasteiger partial charge in [0.05, 0.1) is 0 Å². The van der Waals surface area contributed by atoms with Crippen LogP contribution in [0.2, 0.25) is 0 Å². The molecule has 2 fully saturated rings. The monoisotopic (exact) mass is 626 g/mol. The van der Waals surface area contributed by atoms with Crippen LogP contribution in [0.1, 0.15) is 176 Å². The number of carbonyl (C=O) groups excluding carboxylic acids is 3. The summed E-state index contributed by atoms with van der Waals surface area (Å²) in [6.45, 7) is 4.38. The first-order valence-electron chi connectivity index (χ1n) is 19.2. The summed E-state index contributed by atoms with van der Waals surface area (Å²) < 4.78 is 0. The summed E-state index contributed by atoms with van der Waals surface area (Å²) >= 11 is 0. The lowest BCUT2D eigenvalue weighted by molar-refractivity contribution is -0.124. The normalized spacial score (nSPS) is 21.6. The second-order valence-corrected chi connectivity index (χ2v) is 14.7. The first kappa shape index (κ1) is 36.3. The van der Waals surface area contributed by atoms with Crippen LogP contribution in [-0.2, 0) is 27.2 Å². The Bertz CT molecular complexity index is 1080. The first-order chi connectivity index (χ1) is 22.5. The smallest absolute Gasteiger partial charge is 0.135 e. The molecule has 2 aromatic rings. The maximum Gasteiger partial charge on any atom is 0.135 e. The summed E-state index contributed by atoms with van der Waals surface area (Å²) in [4.78, 5) is 37.6. The highest BCUT2D eigenvalue weighted by Gasteiger charge is 2.27. The quantitative estimate of drug-likeness (QED) is 0.137. The summed E-state index contributed by atoms with van der Waals surface area (Å²) in [6, 6.07) is 18.2. The van der Waals surface area contributed by atoms with E-state index in [1.54, 1.807) is 0 Å². The molecule has 2 saturated carbocycles. The first-order valence-corrected chi connectivity index (χ1v) is 19.2. The molecule has 3 heteroatoms. The fourth-order valence-electron chi connectivity index (χ4n) is 8.02.